The molecule has 72 valence electrons. The van der Waals surface area contributed by atoms with Crippen molar-refractivity contribution in [3.8, 4) is 0 Å². The number of likely N-dealkylation sites (tertiary alicyclic amines) is 1. The molecular formula is C9H20N2O. The normalized spacial score (nSPS) is 19.5. The molecule has 0 radical (unpaired) electrons. The molecule has 0 aromatic rings. The summed E-state index contributed by atoms with van der Waals surface area (Å²) in [6, 6.07) is 0. The summed E-state index contributed by atoms with van der Waals surface area (Å²) in [5.74, 6) is 0.920. The minimum atomic E-state index is 0.816. The van der Waals surface area contributed by atoms with E-state index in [-0.39, 0.29) is 0 Å². The molecule has 0 amide bonds. The lowest BCUT2D eigenvalue weighted by molar-refractivity contribution is 0.113. The average Bonchev–Trinajstić information content (AvgIpc) is 2.00. The molecule has 1 heterocycles. The van der Waals surface area contributed by atoms with E-state index in [2.05, 4.69) is 17.1 Å². The summed E-state index contributed by atoms with van der Waals surface area (Å²) in [4.78, 5) is 2.48. The second kappa shape index (κ2) is 5.51. The highest BCUT2D eigenvalue weighted by molar-refractivity contribution is 4.76. The summed E-state index contributed by atoms with van der Waals surface area (Å²) in [7, 11) is 1.73. The van der Waals surface area contributed by atoms with Gasteiger partial charge in [-0.05, 0) is 5.92 Å². The Bertz CT molecular complexity index is 113. The molecule has 0 aliphatic carbocycles. The van der Waals surface area contributed by atoms with Crippen LogP contribution in [0, 0.1) is 5.92 Å². The van der Waals surface area contributed by atoms with E-state index in [4.69, 9.17) is 4.74 Å². The van der Waals surface area contributed by atoms with Crippen molar-refractivity contribution in [1.29, 1.82) is 0 Å². The van der Waals surface area contributed by atoms with Crippen molar-refractivity contribution in [2.24, 2.45) is 5.92 Å². The fourth-order valence-corrected chi connectivity index (χ4v) is 1.55. The molecular weight excluding hydrogens is 152 g/mol. The number of hydrogen-bond donors (Lipinski definition) is 1. The summed E-state index contributed by atoms with van der Waals surface area (Å²) >= 11 is 0. The van der Waals surface area contributed by atoms with Gasteiger partial charge in [-0.2, -0.15) is 0 Å². The quantitative estimate of drug-likeness (QED) is 0.578. The molecule has 0 aromatic heterocycles. The fraction of sp³-hybridized carbons (Fsp3) is 1.00. The van der Waals surface area contributed by atoms with Gasteiger partial charge in [-0.15, -0.1) is 0 Å². The van der Waals surface area contributed by atoms with Gasteiger partial charge in [-0.1, -0.05) is 6.92 Å². The number of methoxy groups -OCH3 is 1. The van der Waals surface area contributed by atoms with E-state index in [9.17, 15) is 0 Å². The van der Waals surface area contributed by atoms with Gasteiger partial charge >= 0.3 is 0 Å². The van der Waals surface area contributed by atoms with Crippen LogP contribution < -0.4 is 5.32 Å². The highest BCUT2D eigenvalue weighted by Gasteiger charge is 2.20. The molecule has 1 rings (SSSR count). The van der Waals surface area contributed by atoms with Crippen molar-refractivity contribution in [3.05, 3.63) is 0 Å². The van der Waals surface area contributed by atoms with Gasteiger partial charge in [0.25, 0.3) is 0 Å². The molecule has 0 spiro atoms. The maximum absolute atomic E-state index is 4.93. The maximum Gasteiger partial charge on any atom is 0.0587 e. The van der Waals surface area contributed by atoms with Crippen LogP contribution in [0.4, 0.5) is 0 Å². The lowest BCUT2D eigenvalue weighted by Crippen LogP contribution is -2.47. The Morgan fingerprint density at radius 3 is 2.75 bits per heavy atom. The van der Waals surface area contributed by atoms with Gasteiger partial charge < -0.3 is 15.0 Å². The maximum atomic E-state index is 4.93. The predicted octanol–water partition coefficient (Wildman–Crippen LogP) is 0.174. The summed E-state index contributed by atoms with van der Waals surface area (Å²) in [5, 5.41) is 3.33. The minimum absolute atomic E-state index is 0.816. The third kappa shape index (κ3) is 3.52. The molecule has 3 nitrogen and oxygen atoms in total. The van der Waals surface area contributed by atoms with Gasteiger partial charge in [0, 0.05) is 39.8 Å². The van der Waals surface area contributed by atoms with Crippen LogP contribution in [0.25, 0.3) is 0 Å². The van der Waals surface area contributed by atoms with Gasteiger partial charge in [0.2, 0.25) is 0 Å². The largest absolute Gasteiger partial charge is 0.383 e. The molecule has 0 atom stereocenters. The van der Waals surface area contributed by atoms with Crippen molar-refractivity contribution < 1.29 is 4.74 Å². The van der Waals surface area contributed by atoms with Crippen LogP contribution in [-0.2, 0) is 4.74 Å². The zero-order valence-electron chi connectivity index (χ0n) is 8.18. The van der Waals surface area contributed by atoms with Crippen LogP contribution in [0.5, 0.6) is 0 Å². The molecule has 0 aromatic carbocycles. The van der Waals surface area contributed by atoms with Gasteiger partial charge in [0.1, 0.15) is 0 Å². The second-order valence-electron chi connectivity index (χ2n) is 3.61. The monoisotopic (exact) mass is 172 g/mol. The Morgan fingerprint density at radius 1 is 1.42 bits per heavy atom. The lowest BCUT2D eigenvalue weighted by Gasteiger charge is -2.37. The van der Waals surface area contributed by atoms with Crippen LogP contribution in [0.15, 0.2) is 0 Å². The molecule has 0 saturated carbocycles. The zero-order chi connectivity index (χ0) is 8.81. The Hall–Kier alpha value is -0.120. The number of nitrogens with one attached hydrogen (secondary N) is 1. The van der Waals surface area contributed by atoms with Crippen molar-refractivity contribution in [2.75, 3.05) is 46.4 Å². The Morgan fingerprint density at radius 2 is 2.17 bits per heavy atom. The number of hydrogen-bond acceptors (Lipinski definition) is 3. The highest BCUT2D eigenvalue weighted by atomic mass is 16.5. The molecule has 1 N–H and O–H groups in total. The first kappa shape index (κ1) is 9.96. The van der Waals surface area contributed by atoms with E-state index in [0.717, 1.165) is 25.6 Å². The van der Waals surface area contributed by atoms with Crippen molar-refractivity contribution in [2.45, 2.75) is 6.92 Å². The van der Waals surface area contributed by atoms with Gasteiger partial charge in [0.15, 0.2) is 0 Å². The van der Waals surface area contributed by atoms with Crippen molar-refractivity contribution >= 4 is 0 Å². The third-order valence-corrected chi connectivity index (χ3v) is 2.23. The Labute approximate surface area is 75.1 Å². The van der Waals surface area contributed by atoms with E-state index in [1.807, 2.05) is 0 Å². The molecule has 1 aliphatic rings. The fourth-order valence-electron chi connectivity index (χ4n) is 1.55. The number of rotatable bonds is 6. The molecule has 1 aliphatic heterocycles. The van der Waals surface area contributed by atoms with Gasteiger partial charge in [0.05, 0.1) is 6.61 Å². The van der Waals surface area contributed by atoms with Crippen LogP contribution in [0.2, 0.25) is 0 Å². The van der Waals surface area contributed by atoms with Crippen LogP contribution in [0.1, 0.15) is 6.92 Å². The van der Waals surface area contributed by atoms with Crippen LogP contribution in [-0.4, -0.2) is 51.3 Å². The smallest absolute Gasteiger partial charge is 0.0587 e. The Kier molecular flexibility index (Phi) is 4.58. The second-order valence-corrected chi connectivity index (χ2v) is 3.61. The van der Waals surface area contributed by atoms with E-state index in [1.54, 1.807) is 7.11 Å². The first-order valence-corrected chi connectivity index (χ1v) is 4.75. The van der Waals surface area contributed by atoms with E-state index in [0.29, 0.717) is 0 Å². The molecule has 1 fully saturated rings. The number of nitrogens with zero attached hydrogens (tertiary/aromatic N) is 1. The highest BCUT2D eigenvalue weighted by Crippen LogP contribution is 2.12. The molecule has 12 heavy (non-hydrogen) atoms. The predicted molar refractivity (Wildman–Crippen MR) is 50.3 cm³/mol. The third-order valence-electron chi connectivity index (χ3n) is 2.23. The summed E-state index contributed by atoms with van der Waals surface area (Å²) in [5.41, 5.74) is 0. The lowest BCUT2D eigenvalue weighted by atomic mass is 10.0. The van der Waals surface area contributed by atoms with Crippen molar-refractivity contribution in [3.63, 3.8) is 0 Å². The van der Waals surface area contributed by atoms with Gasteiger partial charge in [-0.25, -0.2) is 0 Å². The van der Waals surface area contributed by atoms with E-state index >= 15 is 0 Å². The topological polar surface area (TPSA) is 24.5 Å². The molecule has 0 unspecified atom stereocenters. The van der Waals surface area contributed by atoms with Gasteiger partial charge in [-0.3, -0.25) is 0 Å². The summed E-state index contributed by atoms with van der Waals surface area (Å²) in [6.07, 6.45) is 0. The molecule has 1 saturated heterocycles. The summed E-state index contributed by atoms with van der Waals surface area (Å²) < 4.78 is 4.93. The minimum Gasteiger partial charge on any atom is -0.383 e. The molecule has 3 heteroatoms. The molecule has 0 bridgehead atoms. The van der Waals surface area contributed by atoms with E-state index < -0.39 is 0 Å². The average molecular weight is 172 g/mol. The first-order valence-electron chi connectivity index (χ1n) is 4.75. The zero-order valence-corrected chi connectivity index (χ0v) is 8.18. The van der Waals surface area contributed by atoms with Crippen LogP contribution >= 0.6 is 0 Å². The number of ether oxygens (including phenoxy) is 1. The standard InChI is InChI=1S/C9H20N2O/c1-9-7-11(8-9)5-3-10-4-6-12-2/h9-10H,3-8H2,1-2H3. The SMILES string of the molecule is COCCNCCN1CC(C)C1. The first-order chi connectivity index (χ1) is 5.83. The van der Waals surface area contributed by atoms with E-state index in [1.165, 1.54) is 19.6 Å². The van der Waals surface area contributed by atoms with Crippen molar-refractivity contribution in [1.82, 2.24) is 10.2 Å². The Balaban J connectivity index is 1.77. The van der Waals surface area contributed by atoms with Crippen LogP contribution in [0.3, 0.4) is 0 Å². The summed E-state index contributed by atoms with van der Waals surface area (Å²) in [6.45, 7) is 8.94.